The lowest BCUT2D eigenvalue weighted by molar-refractivity contribution is -0.137. The number of halogens is 3. The van der Waals surface area contributed by atoms with Crippen molar-refractivity contribution in [1.29, 1.82) is 0 Å². The molecule has 0 aliphatic carbocycles. The molecule has 104 valence electrons. The molecule has 0 saturated heterocycles. The Morgan fingerprint density at radius 2 is 1.90 bits per heavy atom. The molecule has 0 N–H and O–H groups in total. The zero-order chi connectivity index (χ0) is 14.3. The minimum Gasteiger partial charge on any atom is -0.488 e. The largest absolute Gasteiger partial charge is 0.488 e. The molecular formula is C13H8F3NO3. The second-order valence-electron chi connectivity index (χ2n) is 4.22. The number of cyclic esters (lactones) is 1. The lowest BCUT2D eigenvalue weighted by Crippen LogP contribution is -2.06. The molecule has 0 saturated carbocycles. The van der Waals surface area contributed by atoms with Crippen molar-refractivity contribution >= 4 is 16.9 Å². The maximum atomic E-state index is 12.8. The number of esters is 1. The van der Waals surface area contributed by atoms with Crippen LogP contribution in [-0.2, 0) is 10.9 Å². The van der Waals surface area contributed by atoms with Gasteiger partial charge in [0, 0.05) is 11.6 Å². The molecule has 1 aliphatic rings. The molecule has 4 nitrogen and oxygen atoms in total. The van der Waals surface area contributed by atoms with Gasteiger partial charge in [0.05, 0.1) is 11.1 Å². The van der Waals surface area contributed by atoms with E-state index >= 15 is 0 Å². The Labute approximate surface area is 111 Å². The van der Waals surface area contributed by atoms with E-state index in [0.29, 0.717) is 5.52 Å². The Balaban J connectivity index is 2.27. The number of fused-ring (bicyclic) bond motifs is 3. The van der Waals surface area contributed by atoms with Gasteiger partial charge >= 0.3 is 12.1 Å². The number of rotatable bonds is 0. The molecule has 1 aliphatic heterocycles. The number of carbonyl (C=O) groups excluding carboxylic acids is 1. The van der Waals surface area contributed by atoms with Gasteiger partial charge in [-0.05, 0) is 18.2 Å². The van der Waals surface area contributed by atoms with Gasteiger partial charge < -0.3 is 9.47 Å². The summed E-state index contributed by atoms with van der Waals surface area (Å²) in [6, 6.07) is 3.12. The summed E-state index contributed by atoms with van der Waals surface area (Å²) >= 11 is 0. The number of benzene rings is 1. The summed E-state index contributed by atoms with van der Waals surface area (Å²) in [6.45, 7) is 0.141. The minimum atomic E-state index is -4.47. The van der Waals surface area contributed by atoms with Gasteiger partial charge in [-0.15, -0.1) is 0 Å². The molecule has 0 amide bonds. The summed E-state index contributed by atoms with van der Waals surface area (Å²) in [5.74, 6) is -0.562. The summed E-state index contributed by atoms with van der Waals surface area (Å²) in [4.78, 5) is 15.6. The predicted molar refractivity (Wildman–Crippen MR) is 62.5 cm³/mol. The summed E-state index contributed by atoms with van der Waals surface area (Å²) in [7, 11) is 0. The number of ether oxygens (including phenoxy) is 2. The molecule has 0 bridgehead atoms. The fraction of sp³-hybridized carbons (Fsp3) is 0.231. The van der Waals surface area contributed by atoms with Crippen LogP contribution in [0.5, 0.6) is 5.75 Å². The molecule has 7 heteroatoms. The van der Waals surface area contributed by atoms with E-state index in [9.17, 15) is 18.0 Å². The third kappa shape index (κ3) is 2.04. The van der Waals surface area contributed by atoms with Crippen molar-refractivity contribution in [3.63, 3.8) is 0 Å². The Morgan fingerprint density at radius 3 is 2.65 bits per heavy atom. The molecule has 3 rings (SSSR count). The summed E-state index contributed by atoms with van der Waals surface area (Å²) in [6.07, 6.45) is -3.22. The van der Waals surface area contributed by atoms with E-state index in [0.717, 1.165) is 12.1 Å². The molecule has 0 fully saturated rings. The zero-order valence-electron chi connectivity index (χ0n) is 10.0. The highest BCUT2D eigenvalue weighted by Gasteiger charge is 2.31. The first kappa shape index (κ1) is 12.7. The van der Waals surface area contributed by atoms with Crippen molar-refractivity contribution in [2.24, 2.45) is 0 Å². The fourth-order valence-corrected chi connectivity index (χ4v) is 2.00. The van der Waals surface area contributed by atoms with Crippen LogP contribution in [0.4, 0.5) is 13.2 Å². The van der Waals surface area contributed by atoms with Crippen molar-refractivity contribution in [2.45, 2.75) is 6.18 Å². The number of nitrogens with zero attached hydrogens (tertiary/aromatic N) is 1. The lowest BCUT2D eigenvalue weighted by atomic mass is 10.1. The van der Waals surface area contributed by atoms with E-state index < -0.39 is 17.7 Å². The van der Waals surface area contributed by atoms with Gasteiger partial charge in [-0.1, -0.05) is 0 Å². The quantitative estimate of drug-likeness (QED) is 0.698. The van der Waals surface area contributed by atoms with E-state index in [-0.39, 0.29) is 29.9 Å². The first-order chi connectivity index (χ1) is 9.47. The number of hydrogen-bond acceptors (Lipinski definition) is 4. The van der Waals surface area contributed by atoms with Crippen LogP contribution >= 0.6 is 0 Å². The van der Waals surface area contributed by atoms with Crippen LogP contribution in [0.25, 0.3) is 10.9 Å². The SMILES string of the molecule is O=C1OCCOc2c1cnc1ccc(C(F)(F)F)cc21. The smallest absolute Gasteiger partial charge is 0.416 e. The molecular weight excluding hydrogens is 275 g/mol. The maximum absolute atomic E-state index is 12.8. The second-order valence-corrected chi connectivity index (χ2v) is 4.22. The average Bonchev–Trinajstić information content (AvgIpc) is 2.59. The van der Waals surface area contributed by atoms with Gasteiger partial charge in [-0.3, -0.25) is 4.98 Å². The highest BCUT2D eigenvalue weighted by molar-refractivity contribution is 6.00. The molecule has 0 spiro atoms. The van der Waals surface area contributed by atoms with Crippen molar-refractivity contribution < 1.29 is 27.4 Å². The van der Waals surface area contributed by atoms with E-state index in [2.05, 4.69) is 4.98 Å². The van der Waals surface area contributed by atoms with Crippen LogP contribution in [0.2, 0.25) is 0 Å². The van der Waals surface area contributed by atoms with Crippen LogP contribution in [0.1, 0.15) is 15.9 Å². The van der Waals surface area contributed by atoms with Crippen molar-refractivity contribution in [3.05, 3.63) is 35.5 Å². The van der Waals surface area contributed by atoms with Gasteiger partial charge in [0.15, 0.2) is 0 Å². The molecule has 0 unspecified atom stereocenters. The highest BCUT2D eigenvalue weighted by Crippen LogP contribution is 2.36. The number of carbonyl (C=O) groups is 1. The zero-order valence-corrected chi connectivity index (χ0v) is 10.0. The molecule has 0 atom stereocenters. The van der Waals surface area contributed by atoms with E-state index in [4.69, 9.17) is 9.47 Å². The standard InChI is InChI=1S/C13H8F3NO3/c14-13(15,16)7-1-2-10-8(5-7)11-9(6-17-10)12(18)20-4-3-19-11/h1-2,5-6H,3-4H2. The molecule has 1 aromatic carbocycles. The lowest BCUT2D eigenvalue weighted by Gasteiger charge is -2.11. The topological polar surface area (TPSA) is 48.4 Å². The number of aromatic nitrogens is 1. The van der Waals surface area contributed by atoms with Gasteiger partial charge in [0.1, 0.15) is 24.5 Å². The van der Waals surface area contributed by atoms with Crippen LogP contribution in [-0.4, -0.2) is 24.2 Å². The Morgan fingerprint density at radius 1 is 1.15 bits per heavy atom. The van der Waals surface area contributed by atoms with E-state index in [1.54, 1.807) is 0 Å². The first-order valence-corrected chi connectivity index (χ1v) is 5.77. The van der Waals surface area contributed by atoms with Crippen LogP contribution in [0.3, 0.4) is 0 Å². The Hall–Kier alpha value is -2.31. The highest BCUT2D eigenvalue weighted by atomic mass is 19.4. The van der Waals surface area contributed by atoms with Crippen LogP contribution in [0, 0.1) is 0 Å². The fourth-order valence-electron chi connectivity index (χ4n) is 2.00. The summed E-state index contributed by atoms with van der Waals surface area (Å²) in [5.41, 5.74) is -0.456. The van der Waals surface area contributed by atoms with Crippen LogP contribution < -0.4 is 4.74 Å². The number of pyridine rings is 1. The normalized spacial score (nSPS) is 15.2. The molecule has 0 radical (unpaired) electrons. The molecule has 20 heavy (non-hydrogen) atoms. The summed E-state index contributed by atoms with van der Waals surface area (Å²) in [5, 5.41) is 0.149. The monoisotopic (exact) mass is 283 g/mol. The van der Waals surface area contributed by atoms with E-state index in [1.807, 2.05) is 0 Å². The van der Waals surface area contributed by atoms with Crippen molar-refractivity contribution in [1.82, 2.24) is 4.98 Å². The van der Waals surface area contributed by atoms with Gasteiger partial charge in [-0.2, -0.15) is 13.2 Å². The van der Waals surface area contributed by atoms with Gasteiger partial charge in [0.25, 0.3) is 0 Å². The minimum absolute atomic E-state index is 0.0364. The molecule has 2 aromatic rings. The third-order valence-electron chi connectivity index (χ3n) is 2.93. The molecule has 2 heterocycles. The summed E-state index contributed by atoms with van der Waals surface area (Å²) < 4.78 is 48.5. The van der Waals surface area contributed by atoms with Gasteiger partial charge in [0.2, 0.25) is 0 Å². The third-order valence-corrected chi connectivity index (χ3v) is 2.93. The van der Waals surface area contributed by atoms with Crippen molar-refractivity contribution in [3.8, 4) is 5.75 Å². The number of alkyl halides is 3. The predicted octanol–water partition coefficient (Wildman–Crippen LogP) is 2.80. The maximum Gasteiger partial charge on any atom is 0.416 e. The second kappa shape index (κ2) is 4.36. The average molecular weight is 283 g/mol. The van der Waals surface area contributed by atoms with Crippen molar-refractivity contribution in [2.75, 3.05) is 13.2 Å². The first-order valence-electron chi connectivity index (χ1n) is 5.77. The Bertz CT molecular complexity index is 697. The van der Waals surface area contributed by atoms with E-state index in [1.165, 1.54) is 12.3 Å². The number of hydrogen-bond donors (Lipinski definition) is 0. The van der Waals surface area contributed by atoms with Crippen LogP contribution in [0.15, 0.2) is 24.4 Å². The van der Waals surface area contributed by atoms with Gasteiger partial charge in [-0.25, -0.2) is 4.79 Å². The Kier molecular flexibility index (Phi) is 2.77. The molecule has 1 aromatic heterocycles.